The van der Waals surface area contributed by atoms with Gasteiger partial charge in [-0.05, 0) is 61.2 Å². The lowest BCUT2D eigenvalue weighted by molar-refractivity contribution is 0.685. The number of aliphatic imine (C=N–C) groups is 1. The van der Waals surface area contributed by atoms with Crippen molar-refractivity contribution in [3.63, 3.8) is 0 Å². The van der Waals surface area contributed by atoms with Gasteiger partial charge in [0.2, 0.25) is 0 Å². The summed E-state index contributed by atoms with van der Waals surface area (Å²) in [5.41, 5.74) is 5.88. The van der Waals surface area contributed by atoms with Gasteiger partial charge >= 0.3 is 0 Å². The van der Waals surface area contributed by atoms with E-state index in [2.05, 4.69) is 81.0 Å². The molecule has 2 N–H and O–H groups in total. The van der Waals surface area contributed by atoms with Gasteiger partial charge in [0, 0.05) is 44.1 Å². The highest BCUT2D eigenvalue weighted by Gasteiger charge is 2.14. The van der Waals surface area contributed by atoms with E-state index in [0.717, 1.165) is 30.3 Å². The fraction of sp³-hybridized carbons (Fsp3) is 0.308. The predicted octanol–water partition coefficient (Wildman–Crippen LogP) is 4.78. The van der Waals surface area contributed by atoms with Gasteiger partial charge in [0.15, 0.2) is 5.96 Å². The van der Waals surface area contributed by atoms with Gasteiger partial charge in [-0.15, -0.1) is 0 Å². The average molecular weight is 414 g/mol. The lowest BCUT2D eigenvalue weighted by Gasteiger charge is -2.22. The van der Waals surface area contributed by atoms with Crippen molar-refractivity contribution in [3.05, 3.63) is 84.1 Å². The third kappa shape index (κ3) is 5.43. The molecule has 160 valence electrons. The van der Waals surface area contributed by atoms with Crippen molar-refractivity contribution in [3.8, 4) is 11.3 Å². The number of guanidine groups is 1. The van der Waals surface area contributed by atoms with E-state index in [1.807, 2.05) is 31.4 Å². The van der Waals surface area contributed by atoms with Gasteiger partial charge in [0.25, 0.3) is 0 Å². The maximum absolute atomic E-state index is 4.45. The van der Waals surface area contributed by atoms with E-state index >= 15 is 0 Å². The molecule has 2 aromatic carbocycles. The second-order valence-electron chi connectivity index (χ2n) is 8.00. The predicted molar refractivity (Wildman–Crippen MR) is 129 cm³/mol. The molecule has 5 heteroatoms. The van der Waals surface area contributed by atoms with Crippen molar-refractivity contribution in [2.75, 3.05) is 25.0 Å². The number of anilines is 1. The molecular weight excluding hydrogens is 382 g/mol. The highest BCUT2D eigenvalue weighted by Crippen LogP contribution is 2.24. The molecule has 1 atom stereocenters. The molecular formula is C26H31N5. The minimum Gasteiger partial charge on any atom is -0.372 e. The zero-order valence-electron chi connectivity index (χ0n) is 18.4. The molecule has 31 heavy (non-hydrogen) atoms. The molecule has 5 nitrogen and oxygen atoms in total. The SMILES string of the molecule is CN=C(NCc1cccc(-c2ccccn2)c1)NC(C)c1cccc(N2CCCC2)c1. The molecule has 0 bridgehead atoms. The van der Waals surface area contributed by atoms with E-state index in [9.17, 15) is 0 Å². The average Bonchev–Trinajstić information content (AvgIpc) is 3.37. The third-order valence-electron chi connectivity index (χ3n) is 5.77. The number of nitrogens with one attached hydrogen (secondary N) is 2. The normalized spacial score (nSPS) is 15.0. The second-order valence-corrected chi connectivity index (χ2v) is 8.00. The summed E-state index contributed by atoms with van der Waals surface area (Å²) < 4.78 is 0. The molecule has 4 rings (SSSR count). The maximum atomic E-state index is 4.45. The number of pyridine rings is 1. The van der Waals surface area contributed by atoms with Gasteiger partial charge in [0.05, 0.1) is 11.7 Å². The first-order chi connectivity index (χ1) is 15.2. The first-order valence-corrected chi connectivity index (χ1v) is 11.1. The first kappa shape index (κ1) is 20.9. The molecule has 0 amide bonds. The van der Waals surface area contributed by atoms with Crippen molar-refractivity contribution < 1.29 is 0 Å². The number of rotatable bonds is 6. The van der Waals surface area contributed by atoms with Crippen LogP contribution in [0.15, 0.2) is 77.9 Å². The van der Waals surface area contributed by atoms with E-state index in [1.54, 1.807) is 0 Å². The van der Waals surface area contributed by atoms with Crippen LogP contribution in [0.3, 0.4) is 0 Å². The molecule has 1 aliphatic heterocycles. The molecule has 0 spiro atoms. The van der Waals surface area contributed by atoms with Crippen LogP contribution >= 0.6 is 0 Å². The van der Waals surface area contributed by atoms with E-state index in [1.165, 1.54) is 29.7 Å². The van der Waals surface area contributed by atoms with Crippen LogP contribution in [0, 0.1) is 0 Å². The van der Waals surface area contributed by atoms with Crippen LogP contribution in [0.2, 0.25) is 0 Å². The summed E-state index contributed by atoms with van der Waals surface area (Å²) in [6.45, 7) is 5.19. The highest BCUT2D eigenvalue weighted by atomic mass is 15.2. The minimum absolute atomic E-state index is 0.161. The summed E-state index contributed by atoms with van der Waals surface area (Å²) in [5, 5.41) is 6.97. The topological polar surface area (TPSA) is 52.6 Å². The molecule has 0 saturated carbocycles. The molecule has 1 aliphatic rings. The molecule has 1 unspecified atom stereocenters. The van der Waals surface area contributed by atoms with Crippen molar-refractivity contribution >= 4 is 11.6 Å². The van der Waals surface area contributed by atoms with Crippen LogP contribution in [0.1, 0.15) is 36.9 Å². The quantitative estimate of drug-likeness (QED) is 0.451. The standard InChI is InChI=1S/C26H31N5/c1-20(22-10-8-12-24(18-22)31-15-5-6-16-31)30-26(27-2)29-19-21-9-7-11-23(17-21)25-13-3-4-14-28-25/h3-4,7-14,17-18,20H,5-6,15-16,19H2,1-2H3,(H2,27,29,30). The van der Waals surface area contributed by atoms with Gasteiger partial charge < -0.3 is 15.5 Å². The van der Waals surface area contributed by atoms with Crippen molar-refractivity contribution in [1.82, 2.24) is 15.6 Å². The van der Waals surface area contributed by atoms with E-state index < -0.39 is 0 Å². The van der Waals surface area contributed by atoms with Crippen LogP contribution in [0.4, 0.5) is 5.69 Å². The maximum Gasteiger partial charge on any atom is 0.191 e. The van der Waals surface area contributed by atoms with Crippen molar-refractivity contribution in [2.45, 2.75) is 32.4 Å². The Balaban J connectivity index is 1.37. The summed E-state index contributed by atoms with van der Waals surface area (Å²) in [5.74, 6) is 0.794. The summed E-state index contributed by atoms with van der Waals surface area (Å²) >= 11 is 0. The van der Waals surface area contributed by atoms with Crippen LogP contribution < -0.4 is 15.5 Å². The molecule has 1 saturated heterocycles. The Morgan fingerprint density at radius 2 is 1.87 bits per heavy atom. The van der Waals surface area contributed by atoms with E-state index in [-0.39, 0.29) is 6.04 Å². The molecule has 1 fully saturated rings. The minimum atomic E-state index is 0.161. The number of hydrogen-bond donors (Lipinski definition) is 2. The van der Waals surface area contributed by atoms with Crippen LogP contribution in [0.25, 0.3) is 11.3 Å². The summed E-state index contributed by atoms with van der Waals surface area (Å²) in [7, 11) is 1.81. The van der Waals surface area contributed by atoms with Crippen molar-refractivity contribution in [2.24, 2.45) is 4.99 Å². The second kappa shape index (κ2) is 10.1. The number of aromatic nitrogens is 1. The Labute approximate surface area is 185 Å². The Morgan fingerprint density at radius 3 is 2.65 bits per heavy atom. The van der Waals surface area contributed by atoms with Crippen LogP contribution in [0.5, 0.6) is 0 Å². The summed E-state index contributed by atoms with van der Waals surface area (Å²) in [6, 6.07) is 23.4. The smallest absolute Gasteiger partial charge is 0.191 e. The zero-order valence-corrected chi connectivity index (χ0v) is 18.4. The highest BCUT2D eigenvalue weighted by molar-refractivity contribution is 5.80. The van der Waals surface area contributed by atoms with Gasteiger partial charge in [-0.1, -0.05) is 36.4 Å². The van der Waals surface area contributed by atoms with Crippen molar-refractivity contribution in [1.29, 1.82) is 0 Å². The third-order valence-corrected chi connectivity index (χ3v) is 5.77. The van der Waals surface area contributed by atoms with Gasteiger partial charge in [-0.2, -0.15) is 0 Å². The van der Waals surface area contributed by atoms with E-state index in [0.29, 0.717) is 6.54 Å². The lowest BCUT2D eigenvalue weighted by atomic mass is 10.1. The van der Waals surface area contributed by atoms with Gasteiger partial charge in [0.1, 0.15) is 0 Å². The monoisotopic (exact) mass is 413 g/mol. The Bertz CT molecular complexity index is 1010. The number of benzene rings is 2. The Hall–Kier alpha value is -3.34. The Kier molecular flexibility index (Phi) is 6.82. The summed E-state index contributed by atoms with van der Waals surface area (Å²) in [4.78, 5) is 11.3. The summed E-state index contributed by atoms with van der Waals surface area (Å²) in [6.07, 6.45) is 4.40. The molecule has 1 aromatic heterocycles. The van der Waals surface area contributed by atoms with Gasteiger partial charge in [-0.3, -0.25) is 9.98 Å². The zero-order chi connectivity index (χ0) is 21.5. The molecule has 0 aliphatic carbocycles. The fourth-order valence-electron chi connectivity index (χ4n) is 4.01. The van der Waals surface area contributed by atoms with Crippen LogP contribution in [-0.2, 0) is 6.54 Å². The molecule has 2 heterocycles. The Morgan fingerprint density at radius 1 is 1.03 bits per heavy atom. The van der Waals surface area contributed by atoms with Crippen LogP contribution in [-0.4, -0.2) is 31.1 Å². The number of hydrogen-bond acceptors (Lipinski definition) is 3. The fourth-order valence-corrected chi connectivity index (χ4v) is 4.01. The largest absolute Gasteiger partial charge is 0.372 e. The molecule has 3 aromatic rings. The number of nitrogens with zero attached hydrogens (tertiary/aromatic N) is 3. The van der Waals surface area contributed by atoms with Gasteiger partial charge in [-0.25, -0.2) is 0 Å². The first-order valence-electron chi connectivity index (χ1n) is 11.1. The lowest BCUT2D eigenvalue weighted by Crippen LogP contribution is -2.38. The molecule has 0 radical (unpaired) electrons. The van der Waals surface area contributed by atoms with E-state index in [4.69, 9.17) is 0 Å².